The van der Waals surface area contributed by atoms with Crippen molar-refractivity contribution in [1.29, 1.82) is 0 Å². The largest absolute Gasteiger partial charge is 0.416 e. The van der Waals surface area contributed by atoms with E-state index >= 15 is 0 Å². The summed E-state index contributed by atoms with van der Waals surface area (Å²) in [6.07, 6.45) is -4.35. The van der Waals surface area contributed by atoms with Gasteiger partial charge in [0.1, 0.15) is 0 Å². The smallest absolute Gasteiger partial charge is 0.254 e. The van der Waals surface area contributed by atoms with Gasteiger partial charge < -0.3 is 0 Å². The van der Waals surface area contributed by atoms with Crippen LogP contribution in [0.15, 0.2) is 59.5 Å². The molecule has 0 saturated heterocycles. The van der Waals surface area contributed by atoms with Gasteiger partial charge in [-0.15, -0.1) is 0 Å². The quantitative estimate of drug-likeness (QED) is 0.811. The fourth-order valence-corrected chi connectivity index (χ4v) is 3.06. The fourth-order valence-electron chi connectivity index (χ4n) is 1.83. The maximum absolute atomic E-state index is 12.5. The third kappa shape index (κ3) is 3.28. The lowest BCUT2D eigenvalue weighted by Gasteiger charge is -2.13. The molecule has 1 nitrogen and oxygen atoms in total. The van der Waals surface area contributed by atoms with E-state index in [9.17, 15) is 17.4 Å². The Morgan fingerprint density at radius 1 is 0.950 bits per heavy atom. The monoisotopic (exact) mass is 298 g/mol. The first-order valence-corrected chi connectivity index (χ1v) is 7.23. The summed E-state index contributed by atoms with van der Waals surface area (Å²) in [5.41, 5.74) is -0.0703. The Morgan fingerprint density at radius 2 is 1.50 bits per heavy atom. The lowest BCUT2D eigenvalue weighted by Crippen LogP contribution is -2.07. The van der Waals surface area contributed by atoms with Crippen molar-refractivity contribution in [3.05, 3.63) is 65.7 Å². The topological polar surface area (TPSA) is 17.1 Å². The SMILES string of the molecule is C[C@H](c1ccc(C(F)(F)F)cc1)S(=O)c1ccccc1. The summed E-state index contributed by atoms with van der Waals surface area (Å²) < 4.78 is 49.8. The average molecular weight is 298 g/mol. The highest BCUT2D eigenvalue weighted by Crippen LogP contribution is 2.31. The van der Waals surface area contributed by atoms with Crippen molar-refractivity contribution in [3.8, 4) is 0 Å². The second-order valence-corrected chi connectivity index (χ2v) is 6.15. The van der Waals surface area contributed by atoms with Crippen LogP contribution in [0.1, 0.15) is 23.3 Å². The van der Waals surface area contributed by atoms with Gasteiger partial charge in [-0.2, -0.15) is 13.2 Å². The van der Waals surface area contributed by atoms with Crippen LogP contribution >= 0.6 is 0 Å². The summed E-state index contributed by atoms with van der Waals surface area (Å²) in [5, 5.41) is -0.361. The summed E-state index contributed by atoms with van der Waals surface area (Å²) >= 11 is 0. The molecule has 1 unspecified atom stereocenters. The van der Waals surface area contributed by atoms with Crippen LogP contribution in [0.5, 0.6) is 0 Å². The van der Waals surface area contributed by atoms with Gasteiger partial charge in [0.15, 0.2) is 0 Å². The molecule has 0 aliphatic carbocycles. The summed E-state index contributed by atoms with van der Waals surface area (Å²) in [5.74, 6) is 0. The Morgan fingerprint density at radius 3 is 2.00 bits per heavy atom. The molecular weight excluding hydrogens is 285 g/mol. The molecule has 2 rings (SSSR count). The van der Waals surface area contributed by atoms with E-state index in [0.717, 1.165) is 12.1 Å². The molecule has 0 heterocycles. The Bertz CT molecular complexity index is 591. The van der Waals surface area contributed by atoms with E-state index in [0.29, 0.717) is 10.5 Å². The van der Waals surface area contributed by atoms with Gasteiger partial charge in [-0.05, 0) is 36.8 Å². The number of benzene rings is 2. The van der Waals surface area contributed by atoms with E-state index in [1.54, 1.807) is 31.2 Å². The fraction of sp³-hybridized carbons (Fsp3) is 0.200. The highest BCUT2D eigenvalue weighted by Gasteiger charge is 2.30. The second-order valence-electron chi connectivity index (χ2n) is 4.37. The van der Waals surface area contributed by atoms with E-state index in [2.05, 4.69) is 0 Å². The maximum Gasteiger partial charge on any atom is 0.416 e. The molecule has 0 N–H and O–H groups in total. The lowest BCUT2D eigenvalue weighted by atomic mass is 10.1. The molecule has 20 heavy (non-hydrogen) atoms. The predicted molar refractivity (Wildman–Crippen MR) is 72.7 cm³/mol. The van der Waals surface area contributed by atoms with Gasteiger partial charge >= 0.3 is 6.18 Å². The van der Waals surface area contributed by atoms with E-state index in [1.165, 1.54) is 12.1 Å². The maximum atomic E-state index is 12.5. The van der Waals surface area contributed by atoms with Crippen molar-refractivity contribution in [3.63, 3.8) is 0 Å². The Hall–Kier alpha value is -1.62. The van der Waals surface area contributed by atoms with Crippen LogP contribution in [0.4, 0.5) is 13.2 Å². The van der Waals surface area contributed by atoms with Gasteiger partial charge in [0.05, 0.1) is 21.6 Å². The van der Waals surface area contributed by atoms with E-state index in [4.69, 9.17) is 0 Å². The molecule has 0 aliphatic rings. The van der Waals surface area contributed by atoms with Gasteiger partial charge in [-0.1, -0.05) is 30.3 Å². The van der Waals surface area contributed by atoms with Gasteiger partial charge in [0.25, 0.3) is 0 Å². The molecule has 0 radical (unpaired) electrons. The molecule has 0 aromatic heterocycles. The molecule has 0 fully saturated rings. The normalized spacial score (nSPS) is 14.8. The average Bonchev–Trinajstić information content (AvgIpc) is 2.46. The van der Waals surface area contributed by atoms with Crippen LogP contribution in [0.2, 0.25) is 0 Å². The zero-order chi connectivity index (χ0) is 14.8. The Labute approximate surface area is 117 Å². The zero-order valence-corrected chi connectivity index (χ0v) is 11.5. The molecule has 106 valence electrons. The molecule has 0 bridgehead atoms. The molecule has 2 aromatic rings. The van der Waals surface area contributed by atoms with Crippen molar-refractivity contribution >= 4 is 10.8 Å². The molecule has 0 amide bonds. The minimum Gasteiger partial charge on any atom is -0.254 e. The van der Waals surface area contributed by atoms with Crippen LogP contribution < -0.4 is 0 Å². The highest BCUT2D eigenvalue weighted by atomic mass is 32.2. The van der Waals surface area contributed by atoms with Gasteiger partial charge in [0, 0.05) is 4.90 Å². The van der Waals surface area contributed by atoms with Crippen LogP contribution in [0.25, 0.3) is 0 Å². The first kappa shape index (κ1) is 14.8. The Kier molecular flexibility index (Phi) is 4.28. The van der Waals surface area contributed by atoms with Crippen molar-refractivity contribution < 1.29 is 17.4 Å². The van der Waals surface area contributed by atoms with Gasteiger partial charge in [0.2, 0.25) is 0 Å². The van der Waals surface area contributed by atoms with Crippen molar-refractivity contribution in [2.45, 2.75) is 23.2 Å². The van der Waals surface area contributed by atoms with Crippen LogP contribution in [0.3, 0.4) is 0 Å². The first-order chi connectivity index (χ1) is 9.39. The second kappa shape index (κ2) is 5.79. The summed E-state index contributed by atoms with van der Waals surface area (Å²) in [6.45, 7) is 1.74. The summed E-state index contributed by atoms with van der Waals surface area (Å²) in [4.78, 5) is 0.667. The molecule has 2 aromatic carbocycles. The lowest BCUT2D eigenvalue weighted by molar-refractivity contribution is -0.137. The zero-order valence-electron chi connectivity index (χ0n) is 10.7. The van der Waals surface area contributed by atoms with Gasteiger partial charge in [-0.3, -0.25) is 4.21 Å². The third-order valence-corrected chi connectivity index (χ3v) is 4.66. The summed E-state index contributed by atoms with van der Waals surface area (Å²) in [7, 11) is -1.29. The van der Waals surface area contributed by atoms with Crippen LogP contribution in [0, 0.1) is 0 Å². The Balaban J connectivity index is 2.22. The summed E-state index contributed by atoms with van der Waals surface area (Å²) in [6, 6.07) is 13.7. The van der Waals surface area contributed by atoms with Crippen molar-refractivity contribution in [1.82, 2.24) is 0 Å². The number of alkyl halides is 3. The van der Waals surface area contributed by atoms with E-state index in [-0.39, 0.29) is 5.25 Å². The molecule has 2 atom stereocenters. The van der Waals surface area contributed by atoms with Crippen LogP contribution in [-0.2, 0) is 17.0 Å². The van der Waals surface area contributed by atoms with Crippen molar-refractivity contribution in [2.24, 2.45) is 0 Å². The molecule has 5 heteroatoms. The number of halogens is 3. The minimum atomic E-state index is -4.35. The third-order valence-electron chi connectivity index (χ3n) is 3.00. The number of hydrogen-bond donors (Lipinski definition) is 0. The molecular formula is C15H13F3OS. The minimum absolute atomic E-state index is 0.361. The predicted octanol–water partition coefficient (Wildman–Crippen LogP) is 4.57. The van der Waals surface area contributed by atoms with Gasteiger partial charge in [-0.25, -0.2) is 0 Å². The molecule has 0 aliphatic heterocycles. The number of rotatable bonds is 3. The molecule has 0 spiro atoms. The molecule has 0 saturated carbocycles. The number of hydrogen-bond acceptors (Lipinski definition) is 1. The van der Waals surface area contributed by atoms with E-state index < -0.39 is 22.5 Å². The standard InChI is InChI=1S/C15H13F3OS/c1-11(20(19)14-5-3-2-4-6-14)12-7-9-13(10-8-12)15(16,17)18/h2-11H,1H3/t11-,20?/m1/s1. The van der Waals surface area contributed by atoms with Crippen molar-refractivity contribution in [2.75, 3.05) is 0 Å². The van der Waals surface area contributed by atoms with Crippen LogP contribution in [-0.4, -0.2) is 4.21 Å². The van der Waals surface area contributed by atoms with E-state index in [1.807, 2.05) is 6.07 Å². The highest BCUT2D eigenvalue weighted by molar-refractivity contribution is 7.85. The first-order valence-electron chi connectivity index (χ1n) is 6.02.